The summed E-state index contributed by atoms with van der Waals surface area (Å²) >= 11 is 0. The fourth-order valence-electron chi connectivity index (χ4n) is 2.88. The summed E-state index contributed by atoms with van der Waals surface area (Å²) in [6.45, 7) is 0.813. The number of aromatic amines is 1. The van der Waals surface area contributed by atoms with Crippen LogP contribution in [0.15, 0.2) is 18.2 Å². The predicted octanol–water partition coefficient (Wildman–Crippen LogP) is 2.68. The molecule has 0 spiro atoms. The lowest BCUT2D eigenvalue weighted by Gasteiger charge is -2.18. The Morgan fingerprint density at radius 2 is 2.21 bits per heavy atom. The van der Waals surface area contributed by atoms with Crippen molar-refractivity contribution in [2.45, 2.75) is 31.4 Å². The van der Waals surface area contributed by atoms with Gasteiger partial charge in [-0.3, -0.25) is 0 Å². The van der Waals surface area contributed by atoms with Gasteiger partial charge in [0.05, 0.1) is 23.2 Å². The highest BCUT2D eigenvalue weighted by molar-refractivity contribution is 5.77. The lowest BCUT2D eigenvalue weighted by Crippen LogP contribution is -2.31. The van der Waals surface area contributed by atoms with Crippen LogP contribution in [0.4, 0.5) is 10.3 Å². The molecule has 0 radical (unpaired) electrons. The minimum atomic E-state index is -0.247. The maximum atomic E-state index is 13.1. The minimum absolute atomic E-state index is 0.247. The van der Waals surface area contributed by atoms with Gasteiger partial charge in [0.1, 0.15) is 5.82 Å². The Balaban J connectivity index is 1.57. The van der Waals surface area contributed by atoms with Crippen LogP contribution >= 0.6 is 0 Å². The highest BCUT2D eigenvalue weighted by Gasteiger charge is 2.40. The number of aromatic nitrogens is 2. The number of H-pyrrole nitrogens is 1. The largest absolute Gasteiger partial charge is 0.376 e. The normalized spacial score (nSPS) is 27.0. The standard InChI is InChI=1S/C14H16FN3O/c15-9-3-4-10-12(7-9)18-14(16-10)17-11-5-6-19-13(11)8-1-2-8/h3-4,7-8,11,13H,1-2,5-6H2,(H2,16,17,18). The van der Waals surface area contributed by atoms with Crippen molar-refractivity contribution in [3.63, 3.8) is 0 Å². The Morgan fingerprint density at radius 1 is 1.32 bits per heavy atom. The van der Waals surface area contributed by atoms with Crippen molar-refractivity contribution < 1.29 is 9.13 Å². The van der Waals surface area contributed by atoms with E-state index in [1.807, 2.05) is 0 Å². The van der Waals surface area contributed by atoms with E-state index in [2.05, 4.69) is 15.3 Å². The van der Waals surface area contributed by atoms with Crippen molar-refractivity contribution in [2.24, 2.45) is 5.92 Å². The average molecular weight is 261 g/mol. The van der Waals surface area contributed by atoms with Gasteiger partial charge in [0.25, 0.3) is 0 Å². The zero-order valence-corrected chi connectivity index (χ0v) is 10.5. The van der Waals surface area contributed by atoms with Crippen molar-refractivity contribution in [3.8, 4) is 0 Å². The molecule has 1 aliphatic carbocycles. The van der Waals surface area contributed by atoms with Crippen LogP contribution in [0.2, 0.25) is 0 Å². The van der Waals surface area contributed by atoms with Gasteiger partial charge in [-0.05, 0) is 43.4 Å². The van der Waals surface area contributed by atoms with Gasteiger partial charge in [0.15, 0.2) is 0 Å². The quantitative estimate of drug-likeness (QED) is 0.893. The van der Waals surface area contributed by atoms with Gasteiger partial charge in [-0.2, -0.15) is 0 Å². The van der Waals surface area contributed by atoms with Crippen LogP contribution in [0, 0.1) is 11.7 Å². The van der Waals surface area contributed by atoms with Gasteiger partial charge in [-0.1, -0.05) is 0 Å². The molecular formula is C14H16FN3O. The molecular weight excluding hydrogens is 245 g/mol. The maximum absolute atomic E-state index is 13.1. The van der Waals surface area contributed by atoms with Crippen LogP contribution in [0.5, 0.6) is 0 Å². The first-order valence-corrected chi connectivity index (χ1v) is 6.83. The summed E-state index contributed by atoms with van der Waals surface area (Å²) in [5, 5.41) is 3.41. The number of ether oxygens (including phenoxy) is 1. The molecule has 2 N–H and O–H groups in total. The molecule has 4 nitrogen and oxygen atoms in total. The molecule has 2 aromatic rings. The van der Waals surface area contributed by atoms with E-state index in [1.54, 1.807) is 6.07 Å². The molecule has 2 unspecified atom stereocenters. The Hall–Kier alpha value is -1.62. The maximum Gasteiger partial charge on any atom is 0.201 e. The summed E-state index contributed by atoms with van der Waals surface area (Å²) in [4.78, 5) is 7.57. The summed E-state index contributed by atoms with van der Waals surface area (Å²) in [5.74, 6) is 1.17. The molecule has 2 fully saturated rings. The van der Waals surface area contributed by atoms with Crippen LogP contribution in [0.25, 0.3) is 11.0 Å². The number of benzene rings is 1. The number of nitrogens with one attached hydrogen (secondary N) is 2. The predicted molar refractivity (Wildman–Crippen MR) is 70.5 cm³/mol. The first-order chi connectivity index (χ1) is 9.29. The number of imidazole rings is 1. The van der Waals surface area contributed by atoms with E-state index in [-0.39, 0.29) is 5.82 Å². The van der Waals surface area contributed by atoms with Gasteiger partial charge in [-0.25, -0.2) is 9.37 Å². The number of rotatable bonds is 3. The van der Waals surface area contributed by atoms with Crippen LogP contribution in [0.3, 0.4) is 0 Å². The second-order valence-electron chi connectivity index (χ2n) is 5.46. The molecule has 4 rings (SSSR count). The lowest BCUT2D eigenvalue weighted by molar-refractivity contribution is 0.0897. The number of nitrogens with zero attached hydrogens (tertiary/aromatic N) is 1. The second kappa shape index (κ2) is 4.20. The smallest absolute Gasteiger partial charge is 0.201 e. The van der Waals surface area contributed by atoms with Crippen LogP contribution in [0.1, 0.15) is 19.3 Å². The van der Waals surface area contributed by atoms with E-state index in [0.29, 0.717) is 24.0 Å². The third kappa shape index (κ3) is 2.08. The first-order valence-electron chi connectivity index (χ1n) is 6.83. The molecule has 2 heterocycles. The van der Waals surface area contributed by atoms with Gasteiger partial charge in [-0.15, -0.1) is 0 Å². The number of anilines is 1. The van der Waals surface area contributed by atoms with Gasteiger partial charge in [0.2, 0.25) is 5.95 Å². The number of hydrogen-bond donors (Lipinski definition) is 2. The van der Waals surface area contributed by atoms with E-state index in [9.17, 15) is 4.39 Å². The third-order valence-corrected chi connectivity index (χ3v) is 3.99. The summed E-state index contributed by atoms with van der Waals surface area (Å²) in [6.07, 6.45) is 3.86. The summed E-state index contributed by atoms with van der Waals surface area (Å²) in [5.41, 5.74) is 1.51. The SMILES string of the molecule is Fc1ccc2nc(NC3CCOC3C3CC3)[nH]c2c1. The van der Waals surface area contributed by atoms with E-state index >= 15 is 0 Å². The molecule has 2 atom stereocenters. The van der Waals surface area contributed by atoms with Crippen LogP contribution in [-0.4, -0.2) is 28.7 Å². The highest BCUT2D eigenvalue weighted by Crippen LogP contribution is 2.39. The number of hydrogen-bond acceptors (Lipinski definition) is 3. The molecule has 1 aromatic carbocycles. The molecule has 1 saturated heterocycles. The lowest BCUT2D eigenvalue weighted by atomic mass is 10.1. The van der Waals surface area contributed by atoms with E-state index in [4.69, 9.17) is 4.74 Å². The van der Waals surface area contributed by atoms with Crippen molar-refractivity contribution >= 4 is 17.0 Å². The Bertz CT molecular complexity index is 608. The summed E-state index contributed by atoms with van der Waals surface area (Å²) in [7, 11) is 0. The zero-order chi connectivity index (χ0) is 12.8. The Kier molecular flexibility index (Phi) is 2.48. The van der Waals surface area contributed by atoms with E-state index < -0.39 is 0 Å². The molecule has 0 amide bonds. The van der Waals surface area contributed by atoms with Crippen molar-refractivity contribution in [3.05, 3.63) is 24.0 Å². The first kappa shape index (κ1) is 11.2. The highest BCUT2D eigenvalue weighted by atomic mass is 19.1. The fraction of sp³-hybridized carbons (Fsp3) is 0.500. The molecule has 2 aliphatic rings. The summed E-state index contributed by atoms with van der Waals surface area (Å²) in [6, 6.07) is 4.91. The second-order valence-corrected chi connectivity index (χ2v) is 5.46. The molecule has 19 heavy (non-hydrogen) atoms. The molecule has 1 saturated carbocycles. The van der Waals surface area contributed by atoms with Crippen LogP contribution < -0.4 is 5.32 Å². The minimum Gasteiger partial charge on any atom is -0.376 e. The Morgan fingerprint density at radius 3 is 3.05 bits per heavy atom. The molecule has 0 bridgehead atoms. The van der Waals surface area contributed by atoms with E-state index in [0.717, 1.165) is 24.1 Å². The average Bonchev–Trinajstić information content (AvgIpc) is 3.00. The molecule has 1 aromatic heterocycles. The Labute approximate surface area is 110 Å². The monoisotopic (exact) mass is 261 g/mol. The van der Waals surface area contributed by atoms with Gasteiger partial charge in [0, 0.05) is 6.61 Å². The van der Waals surface area contributed by atoms with Crippen molar-refractivity contribution in [1.82, 2.24) is 9.97 Å². The van der Waals surface area contributed by atoms with Crippen molar-refractivity contribution in [1.29, 1.82) is 0 Å². The number of fused-ring (bicyclic) bond motifs is 1. The third-order valence-electron chi connectivity index (χ3n) is 3.99. The fourth-order valence-corrected chi connectivity index (χ4v) is 2.88. The zero-order valence-electron chi connectivity index (χ0n) is 10.5. The van der Waals surface area contributed by atoms with Gasteiger partial charge >= 0.3 is 0 Å². The van der Waals surface area contributed by atoms with Gasteiger partial charge < -0.3 is 15.0 Å². The summed E-state index contributed by atoms with van der Waals surface area (Å²) < 4.78 is 18.9. The van der Waals surface area contributed by atoms with Crippen LogP contribution in [-0.2, 0) is 4.74 Å². The molecule has 5 heteroatoms. The molecule has 1 aliphatic heterocycles. The number of halogens is 1. The van der Waals surface area contributed by atoms with Crippen molar-refractivity contribution in [2.75, 3.05) is 11.9 Å². The van der Waals surface area contributed by atoms with E-state index in [1.165, 1.54) is 25.0 Å². The topological polar surface area (TPSA) is 49.9 Å². The molecule has 100 valence electrons.